The van der Waals surface area contributed by atoms with Crippen molar-refractivity contribution in [1.82, 2.24) is 20.4 Å². The Morgan fingerprint density at radius 3 is 3.17 bits per heavy atom. The summed E-state index contributed by atoms with van der Waals surface area (Å²) in [6.45, 7) is 0. The lowest BCUT2D eigenvalue weighted by Gasteiger charge is -1.93. The molecule has 4 nitrogen and oxygen atoms in total. The van der Waals surface area contributed by atoms with Crippen LogP contribution in [-0.4, -0.2) is 20.4 Å². The van der Waals surface area contributed by atoms with E-state index in [9.17, 15) is 0 Å². The van der Waals surface area contributed by atoms with E-state index in [-0.39, 0.29) is 0 Å². The second-order valence-electron chi connectivity index (χ2n) is 2.02. The zero-order valence-corrected chi connectivity index (χ0v) is 6.88. The van der Waals surface area contributed by atoms with Crippen molar-refractivity contribution >= 4 is 11.8 Å². The summed E-state index contributed by atoms with van der Waals surface area (Å²) < 4.78 is 0. The Balaban J connectivity index is 2.15. The van der Waals surface area contributed by atoms with E-state index in [0.29, 0.717) is 0 Å². The molecule has 0 aliphatic rings. The Bertz CT molecular complexity index is 332. The van der Waals surface area contributed by atoms with Crippen LogP contribution in [0.5, 0.6) is 0 Å². The first-order valence-electron chi connectivity index (χ1n) is 3.31. The summed E-state index contributed by atoms with van der Waals surface area (Å²) >= 11 is 1.48. The Morgan fingerprint density at radius 2 is 2.50 bits per heavy atom. The minimum Gasteiger partial charge on any atom is -0.251 e. The fourth-order valence-electron chi connectivity index (χ4n) is 0.717. The maximum atomic E-state index is 4.09. The first-order chi connectivity index (χ1) is 5.95. The lowest BCUT2D eigenvalue weighted by atomic mass is 10.5. The van der Waals surface area contributed by atoms with Gasteiger partial charge in [-0.05, 0) is 17.8 Å². The maximum absolute atomic E-state index is 4.09. The van der Waals surface area contributed by atoms with Crippen molar-refractivity contribution in [2.75, 3.05) is 0 Å². The van der Waals surface area contributed by atoms with Gasteiger partial charge in [0.1, 0.15) is 10.1 Å². The zero-order chi connectivity index (χ0) is 8.23. The van der Waals surface area contributed by atoms with Crippen LogP contribution in [0.25, 0.3) is 0 Å². The van der Waals surface area contributed by atoms with Crippen LogP contribution >= 0.6 is 11.8 Å². The second kappa shape index (κ2) is 3.36. The van der Waals surface area contributed by atoms with E-state index in [1.54, 1.807) is 12.4 Å². The van der Waals surface area contributed by atoms with E-state index < -0.39 is 0 Å². The van der Waals surface area contributed by atoms with Crippen LogP contribution < -0.4 is 0 Å². The molecular weight excluding hydrogens is 172 g/mol. The largest absolute Gasteiger partial charge is 0.251 e. The molecule has 0 aliphatic heterocycles. The second-order valence-corrected chi connectivity index (χ2v) is 3.08. The summed E-state index contributed by atoms with van der Waals surface area (Å²) in [5, 5.41) is 11.8. The average Bonchev–Trinajstić information content (AvgIpc) is 2.59. The van der Waals surface area contributed by atoms with Crippen molar-refractivity contribution < 1.29 is 0 Å². The fraction of sp³-hybridized carbons (Fsp3) is 0. The Labute approximate surface area is 73.4 Å². The summed E-state index contributed by atoms with van der Waals surface area (Å²) in [6.07, 6.45) is 3.29. The van der Waals surface area contributed by atoms with Gasteiger partial charge in [-0.15, -0.1) is 5.10 Å². The standard InChI is InChI=1S/C7H5N4S/c1-2-4-8-6(3-1)12-7-5-9-11-10-7/h1,3-5H,(H,9,10,11). The predicted molar refractivity (Wildman–Crippen MR) is 43.6 cm³/mol. The molecule has 2 aromatic rings. The molecule has 5 heteroatoms. The first kappa shape index (κ1) is 7.30. The molecule has 0 unspecified atom stereocenters. The number of H-pyrrole nitrogens is 1. The molecule has 0 saturated heterocycles. The van der Waals surface area contributed by atoms with Crippen LogP contribution in [0.15, 0.2) is 34.6 Å². The number of pyridine rings is 1. The summed E-state index contributed by atoms with van der Waals surface area (Å²) in [5.41, 5.74) is 0. The minimum absolute atomic E-state index is 0.883. The van der Waals surface area contributed by atoms with Gasteiger partial charge in [-0.25, -0.2) is 4.98 Å². The molecule has 0 amide bonds. The number of hydrogen-bond acceptors (Lipinski definition) is 4. The average molecular weight is 177 g/mol. The molecule has 0 atom stereocenters. The Hall–Kier alpha value is -1.36. The molecule has 2 aromatic heterocycles. The van der Waals surface area contributed by atoms with E-state index in [4.69, 9.17) is 0 Å². The van der Waals surface area contributed by atoms with Crippen LogP contribution in [-0.2, 0) is 0 Å². The zero-order valence-electron chi connectivity index (χ0n) is 6.06. The molecule has 0 aliphatic carbocycles. The third-order valence-electron chi connectivity index (χ3n) is 1.20. The Morgan fingerprint density at radius 1 is 1.50 bits per heavy atom. The minimum atomic E-state index is 0.883. The van der Waals surface area contributed by atoms with Crippen LogP contribution in [0.4, 0.5) is 0 Å². The molecule has 0 bridgehead atoms. The number of aromatic nitrogens is 4. The SMILES string of the molecule is [c]1ccc(Sc2cnn[nH]2)nc1. The number of aromatic amines is 1. The molecule has 1 N–H and O–H groups in total. The topological polar surface area (TPSA) is 54.5 Å². The van der Waals surface area contributed by atoms with Gasteiger partial charge in [0.25, 0.3) is 0 Å². The first-order valence-corrected chi connectivity index (χ1v) is 4.13. The highest BCUT2D eigenvalue weighted by molar-refractivity contribution is 7.99. The third kappa shape index (κ3) is 1.62. The van der Waals surface area contributed by atoms with Crippen molar-refractivity contribution in [2.45, 2.75) is 10.1 Å². The van der Waals surface area contributed by atoms with Gasteiger partial charge in [0.15, 0.2) is 0 Å². The molecule has 2 rings (SSSR count). The van der Waals surface area contributed by atoms with Crippen molar-refractivity contribution in [3.8, 4) is 0 Å². The third-order valence-corrected chi connectivity index (χ3v) is 2.06. The number of hydrogen-bond donors (Lipinski definition) is 1. The summed E-state index contributed by atoms with van der Waals surface area (Å²) in [5.74, 6) is 0. The van der Waals surface area contributed by atoms with E-state index in [2.05, 4.69) is 26.5 Å². The lowest BCUT2D eigenvalue weighted by molar-refractivity contribution is 0.910. The van der Waals surface area contributed by atoms with Crippen molar-refractivity contribution in [3.63, 3.8) is 0 Å². The molecular formula is C7H5N4S. The van der Waals surface area contributed by atoms with Gasteiger partial charge in [0, 0.05) is 12.3 Å². The molecule has 0 fully saturated rings. The van der Waals surface area contributed by atoms with Crippen LogP contribution in [0.3, 0.4) is 0 Å². The molecule has 0 spiro atoms. The van der Waals surface area contributed by atoms with Crippen molar-refractivity contribution in [1.29, 1.82) is 0 Å². The van der Waals surface area contributed by atoms with E-state index >= 15 is 0 Å². The molecule has 1 radical (unpaired) electrons. The van der Waals surface area contributed by atoms with Gasteiger partial charge >= 0.3 is 0 Å². The molecule has 0 saturated carbocycles. The summed E-state index contributed by atoms with van der Waals surface area (Å²) in [7, 11) is 0. The van der Waals surface area contributed by atoms with Gasteiger partial charge < -0.3 is 0 Å². The highest BCUT2D eigenvalue weighted by Crippen LogP contribution is 2.21. The molecule has 0 aromatic carbocycles. The summed E-state index contributed by atoms with van der Waals surface area (Å²) in [6, 6.07) is 6.55. The van der Waals surface area contributed by atoms with Gasteiger partial charge in [-0.3, -0.25) is 5.10 Å². The Kier molecular flexibility index (Phi) is 2.04. The predicted octanol–water partition coefficient (Wildman–Crippen LogP) is 1.15. The van der Waals surface area contributed by atoms with Crippen LogP contribution in [0.2, 0.25) is 0 Å². The van der Waals surface area contributed by atoms with Crippen molar-refractivity contribution in [3.05, 3.63) is 30.6 Å². The normalized spacial score (nSPS) is 10.0. The quantitative estimate of drug-likeness (QED) is 0.747. The number of rotatable bonds is 2. The van der Waals surface area contributed by atoms with E-state index in [1.165, 1.54) is 11.8 Å². The van der Waals surface area contributed by atoms with Crippen LogP contribution in [0.1, 0.15) is 0 Å². The molecule has 2 heterocycles. The van der Waals surface area contributed by atoms with E-state index in [0.717, 1.165) is 10.1 Å². The fourth-order valence-corrected chi connectivity index (χ4v) is 1.37. The highest BCUT2D eigenvalue weighted by Gasteiger charge is 1.97. The van der Waals surface area contributed by atoms with E-state index in [1.807, 2.05) is 12.1 Å². The monoisotopic (exact) mass is 177 g/mol. The molecule has 59 valence electrons. The van der Waals surface area contributed by atoms with Crippen molar-refractivity contribution in [2.24, 2.45) is 0 Å². The highest BCUT2D eigenvalue weighted by atomic mass is 32.2. The van der Waals surface area contributed by atoms with Gasteiger partial charge in [0.05, 0.1) is 6.20 Å². The van der Waals surface area contributed by atoms with Crippen LogP contribution in [0, 0.1) is 6.07 Å². The molecule has 12 heavy (non-hydrogen) atoms. The van der Waals surface area contributed by atoms with Gasteiger partial charge in [-0.2, -0.15) is 0 Å². The number of nitrogens with one attached hydrogen (secondary N) is 1. The maximum Gasteiger partial charge on any atom is 0.117 e. The van der Waals surface area contributed by atoms with Gasteiger partial charge in [-0.1, -0.05) is 11.3 Å². The smallest absolute Gasteiger partial charge is 0.117 e. The van der Waals surface area contributed by atoms with Gasteiger partial charge in [0.2, 0.25) is 0 Å². The number of nitrogens with zero attached hydrogens (tertiary/aromatic N) is 3. The summed E-state index contributed by atoms with van der Waals surface area (Å²) in [4.78, 5) is 4.09. The lowest BCUT2D eigenvalue weighted by Crippen LogP contribution is -1.77.